The Morgan fingerprint density at radius 1 is 1.06 bits per heavy atom. The quantitative estimate of drug-likeness (QED) is 0.303. The van der Waals surface area contributed by atoms with E-state index < -0.39 is 4.92 Å². The molecule has 0 atom stereocenters. The van der Waals surface area contributed by atoms with E-state index in [0.717, 1.165) is 16.8 Å². The molecule has 2 N–H and O–H groups in total. The van der Waals surface area contributed by atoms with Crippen LogP contribution in [0, 0.1) is 10.1 Å². The second-order valence-corrected chi connectivity index (χ2v) is 7.32. The third-order valence-electron chi connectivity index (χ3n) is 4.43. The molecule has 3 aromatic heterocycles. The smallest absolute Gasteiger partial charge is 0.287 e. The van der Waals surface area contributed by atoms with Gasteiger partial charge in [-0.15, -0.1) is 0 Å². The van der Waals surface area contributed by atoms with Gasteiger partial charge in [0.25, 0.3) is 5.69 Å². The van der Waals surface area contributed by atoms with Crippen molar-refractivity contribution in [3.8, 4) is 22.5 Å². The van der Waals surface area contributed by atoms with Gasteiger partial charge < -0.3 is 10.3 Å². The van der Waals surface area contributed by atoms with Crippen LogP contribution in [0.3, 0.4) is 0 Å². The molecule has 0 amide bonds. The molecule has 0 aliphatic heterocycles. The first-order valence-corrected chi connectivity index (χ1v) is 9.91. The van der Waals surface area contributed by atoms with Crippen LogP contribution in [0.2, 0.25) is 10.0 Å². The van der Waals surface area contributed by atoms with E-state index in [1.54, 1.807) is 36.9 Å². The average molecular weight is 456 g/mol. The first-order valence-electron chi connectivity index (χ1n) is 9.15. The SMILES string of the molecule is O=[N+]([O-])c1ccc(NCCc2ncc(-c3cnc[nH]3)c(-c3ccc(Cl)cc3Cl)n2)nc1. The second kappa shape index (κ2) is 9.07. The fourth-order valence-electron chi connectivity index (χ4n) is 2.93. The highest BCUT2D eigenvalue weighted by Crippen LogP contribution is 2.34. The molecule has 3 heterocycles. The summed E-state index contributed by atoms with van der Waals surface area (Å²) in [6, 6.07) is 8.18. The maximum atomic E-state index is 10.7. The molecule has 9 nitrogen and oxygen atoms in total. The molecule has 0 radical (unpaired) electrons. The molecule has 0 saturated heterocycles. The van der Waals surface area contributed by atoms with Crippen LogP contribution in [0.25, 0.3) is 22.5 Å². The first-order chi connectivity index (χ1) is 15.0. The van der Waals surface area contributed by atoms with Gasteiger partial charge in [0.15, 0.2) is 0 Å². The minimum Gasteiger partial charge on any atom is -0.370 e. The third-order valence-corrected chi connectivity index (χ3v) is 4.97. The lowest BCUT2D eigenvalue weighted by Crippen LogP contribution is -2.09. The fraction of sp³-hybridized carbons (Fsp3) is 0.100. The highest BCUT2D eigenvalue weighted by atomic mass is 35.5. The number of aromatic nitrogens is 5. The van der Waals surface area contributed by atoms with Crippen molar-refractivity contribution in [1.29, 1.82) is 0 Å². The van der Waals surface area contributed by atoms with Crippen LogP contribution in [0.1, 0.15) is 5.82 Å². The zero-order chi connectivity index (χ0) is 21.8. The molecule has 156 valence electrons. The monoisotopic (exact) mass is 455 g/mol. The van der Waals surface area contributed by atoms with Gasteiger partial charge in [-0.1, -0.05) is 23.2 Å². The molecule has 0 saturated carbocycles. The molecule has 0 bridgehead atoms. The molecule has 11 heteroatoms. The lowest BCUT2D eigenvalue weighted by molar-refractivity contribution is -0.385. The molecular formula is C20H15Cl2N7O2. The van der Waals surface area contributed by atoms with Crippen LogP contribution < -0.4 is 5.32 Å². The summed E-state index contributed by atoms with van der Waals surface area (Å²) in [5.41, 5.74) is 2.85. The van der Waals surface area contributed by atoms with Crippen LogP contribution >= 0.6 is 23.2 Å². The molecule has 0 unspecified atom stereocenters. The van der Waals surface area contributed by atoms with Crippen molar-refractivity contribution >= 4 is 34.7 Å². The summed E-state index contributed by atoms with van der Waals surface area (Å²) in [5.74, 6) is 1.12. The Bertz CT molecular complexity index is 1210. The van der Waals surface area contributed by atoms with Crippen molar-refractivity contribution in [1.82, 2.24) is 24.9 Å². The Kier molecular flexibility index (Phi) is 6.06. The molecule has 0 aliphatic carbocycles. The van der Waals surface area contributed by atoms with Gasteiger partial charge in [-0.2, -0.15) is 0 Å². The molecular weight excluding hydrogens is 441 g/mol. The minimum absolute atomic E-state index is 0.0623. The first kappa shape index (κ1) is 20.7. The number of aromatic amines is 1. The minimum atomic E-state index is -0.491. The number of hydrogen-bond acceptors (Lipinski definition) is 7. The van der Waals surface area contributed by atoms with E-state index in [1.165, 1.54) is 12.3 Å². The zero-order valence-electron chi connectivity index (χ0n) is 15.9. The topological polar surface area (TPSA) is 123 Å². The number of halogens is 2. The standard InChI is InChI=1S/C20H15Cl2N7O2/c21-12-1-3-14(16(22)7-12)20-15(17-10-23-11-27-17)9-26-19(28-20)5-6-24-18-4-2-13(8-25-18)29(30)31/h1-4,7-11H,5-6H2,(H,23,27)(H,24,25). The summed E-state index contributed by atoms with van der Waals surface area (Å²) in [7, 11) is 0. The van der Waals surface area contributed by atoms with Gasteiger partial charge in [0.1, 0.15) is 17.8 Å². The number of nitro groups is 1. The molecule has 1 aromatic carbocycles. The lowest BCUT2D eigenvalue weighted by atomic mass is 10.0. The van der Waals surface area contributed by atoms with Gasteiger partial charge in [-0.05, 0) is 24.3 Å². The van der Waals surface area contributed by atoms with E-state index >= 15 is 0 Å². The van der Waals surface area contributed by atoms with E-state index in [4.69, 9.17) is 28.2 Å². The van der Waals surface area contributed by atoms with Gasteiger partial charge in [0.05, 0.1) is 33.9 Å². The number of hydrogen-bond donors (Lipinski definition) is 2. The number of nitrogens with zero attached hydrogens (tertiary/aromatic N) is 5. The van der Waals surface area contributed by atoms with Crippen molar-refractivity contribution in [3.63, 3.8) is 0 Å². The van der Waals surface area contributed by atoms with Crippen LogP contribution in [-0.2, 0) is 6.42 Å². The van der Waals surface area contributed by atoms with Crippen LogP contribution in [0.15, 0.2) is 55.2 Å². The van der Waals surface area contributed by atoms with Crippen molar-refractivity contribution in [2.24, 2.45) is 0 Å². The maximum Gasteiger partial charge on any atom is 0.287 e. The van der Waals surface area contributed by atoms with Gasteiger partial charge in [0, 0.05) is 41.4 Å². The normalized spacial score (nSPS) is 10.8. The Hall–Kier alpha value is -3.56. The van der Waals surface area contributed by atoms with Gasteiger partial charge >= 0.3 is 0 Å². The van der Waals surface area contributed by atoms with E-state index in [1.807, 2.05) is 6.07 Å². The Balaban J connectivity index is 1.57. The highest BCUT2D eigenvalue weighted by Gasteiger charge is 2.15. The van der Waals surface area contributed by atoms with Crippen molar-refractivity contribution < 1.29 is 4.92 Å². The van der Waals surface area contributed by atoms with Gasteiger partial charge in [-0.25, -0.2) is 19.9 Å². The number of H-pyrrole nitrogens is 1. The Labute approximate surface area is 186 Å². The number of nitrogens with one attached hydrogen (secondary N) is 2. The second-order valence-electron chi connectivity index (χ2n) is 6.47. The summed E-state index contributed by atoms with van der Waals surface area (Å²) >= 11 is 12.5. The van der Waals surface area contributed by atoms with E-state index in [2.05, 4.69) is 25.3 Å². The number of benzene rings is 1. The summed E-state index contributed by atoms with van der Waals surface area (Å²) in [6.07, 6.45) is 6.70. The molecule has 4 rings (SSSR count). The van der Waals surface area contributed by atoms with Crippen molar-refractivity contribution in [2.75, 3.05) is 11.9 Å². The molecule has 4 aromatic rings. The predicted octanol–water partition coefficient (Wildman–Crippen LogP) is 4.80. The van der Waals surface area contributed by atoms with E-state index in [9.17, 15) is 10.1 Å². The number of pyridine rings is 1. The zero-order valence-corrected chi connectivity index (χ0v) is 17.4. The van der Waals surface area contributed by atoms with Gasteiger partial charge in [-0.3, -0.25) is 10.1 Å². The van der Waals surface area contributed by atoms with Crippen LogP contribution in [0.5, 0.6) is 0 Å². The summed E-state index contributed by atoms with van der Waals surface area (Å²) < 4.78 is 0. The van der Waals surface area contributed by atoms with Crippen LogP contribution in [0.4, 0.5) is 11.5 Å². The number of rotatable bonds is 7. The summed E-state index contributed by atoms with van der Waals surface area (Å²) in [6.45, 7) is 0.488. The molecule has 0 spiro atoms. The van der Waals surface area contributed by atoms with E-state index in [-0.39, 0.29) is 5.69 Å². The Morgan fingerprint density at radius 2 is 1.94 bits per heavy atom. The predicted molar refractivity (Wildman–Crippen MR) is 118 cm³/mol. The average Bonchev–Trinajstić information content (AvgIpc) is 3.29. The Morgan fingerprint density at radius 3 is 2.61 bits per heavy atom. The third kappa shape index (κ3) is 4.79. The van der Waals surface area contributed by atoms with Crippen molar-refractivity contribution in [3.05, 3.63) is 81.2 Å². The fourth-order valence-corrected chi connectivity index (χ4v) is 3.42. The van der Waals surface area contributed by atoms with Gasteiger partial charge in [0.2, 0.25) is 0 Å². The van der Waals surface area contributed by atoms with Crippen LogP contribution in [-0.4, -0.2) is 36.4 Å². The summed E-state index contributed by atoms with van der Waals surface area (Å²) in [4.78, 5) is 30.6. The molecule has 0 aliphatic rings. The highest BCUT2D eigenvalue weighted by molar-refractivity contribution is 6.36. The maximum absolute atomic E-state index is 10.7. The molecule has 31 heavy (non-hydrogen) atoms. The number of imidazole rings is 1. The van der Waals surface area contributed by atoms with Crippen molar-refractivity contribution in [2.45, 2.75) is 6.42 Å². The molecule has 0 fully saturated rings. The summed E-state index contributed by atoms with van der Waals surface area (Å²) in [5, 5.41) is 14.8. The lowest BCUT2D eigenvalue weighted by Gasteiger charge is -2.11. The largest absolute Gasteiger partial charge is 0.370 e. The van der Waals surface area contributed by atoms with E-state index in [0.29, 0.717) is 40.3 Å². The number of anilines is 1.